The number of halogens is 1. The van der Waals surface area contributed by atoms with Crippen LogP contribution < -0.4 is 5.32 Å². The van der Waals surface area contributed by atoms with Crippen molar-refractivity contribution in [2.45, 2.75) is 13.0 Å². The summed E-state index contributed by atoms with van der Waals surface area (Å²) >= 11 is 0. The Morgan fingerprint density at radius 3 is 2.68 bits per heavy atom. The van der Waals surface area contributed by atoms with Gasteiger partial charge < -0.3 is 10.4 Å². The molecule has 1 unspecified atom stereocenters. The summed E-state index contributed by atoms with van der Waals surface area (Å²) in [4.78, 5) is 12.2. The van der Waals surface area contributed by atoms with Gasteiger partial charge in [-0.1, -0.05) is 30.3 Å². The van der Waals surface area contributed by atoms with E-state index in [4.69, 9.17) is 0 Å². The SMILES string of the molecule is Cc1ccccc1-n1cc(C(=O)NCC(O)c2ccc(F)cc2)cn1. The smallest absolute Gasteiger partial charge is 0.254 e. The molecule has 1 amide bonds. The summed E-state index contributed by atoms with van der Waals surface area (Å²) in [7, 11) is 0. The van der Waals surface area contributed by atoms with E-state index in [1.165, 1.54) is 30.5 Å². The molecule has 2 aromatic carbocycles. The number of aryl methyl sites for hydroxylation is 1. The Bertz CT molecular complexity index is 874. The van der Waals surface area contributed by atoms with E-state index in [2.05, 4.69) is 10.4 Å². The van der Waals surface area contributed by atoms with Crippen molar-refractivity contribution < 1.29 is 14.3 Å². The highest BCUT2D eigenvalue weighted by Crippen LogP contribution is 2.14. The third kappa shape index (κ3) is 3.92. The molecule has 0 aliphatic carbocycles. The van der Waals surface area contributed by atoms with Gasteiger partial charge in [0.1, 0.15) is 5.82 Å². The summed E-state index contributed by atoms with van der Waals surface area (Å²) in [5.74, 6) is -0.704. The van der Waals surface area contributed by atoms with Crippen LogP contribution in [0, 0.1) is 12.7 Å². The second-order valence-corrected chi connectivity index (χ2v) is 5.74. The fourth-order valence-corrected chi connectivity index (χ4v) is 2.49. The number of hydrogen-bond donors (Lipinski definition) is 2. The lowest BCUT2D eigenvalue weighted by Crippen LogP contribution is -2.28. The number of carbonyl (C=O) groups excluding carboxylic acids is 1. The van der Waals surface area contributed by atoms with Gasteiger partial charge in [-0.2, -0.15) is 5.10 Å². The molecule has 0 spiro atoms. The molecule has 0 aliphatic rings. The summed E-state index contributed by atoms with van der Waals surface area (Å²) in [6, 6.07) is 13.2. The Labute approximate surface area is 144 Å². The first-order valence-corrected chi connectivity index (χ1v) is 7.87. The van der Waals surface area contributed by atoms with Crippen LogP contribution in [0.4, 0.5) is 4.39 Å². The largest absolute Gasteiger partial charge is 0.387 e. The van der Waals surface area contributed by atoms with E-state index in [1.54, 1.807) is 10.9 Å². The highest BCUT2D eigenvalue weighted by atomic mass is 19.1. The van der Waals surface area contributed by atoms with Crippen LogP contribution in [-0.4, -0.2) is 27.3 Å². The molecule has 25 heavy (non-hydrogen) atoms. The van der Waals surface area contributed by atoms with Crippen LogP contribution in [-0.2, 0) is 0 Å². The number of aromatic nitrogens is 2. The molecule has 6 heteroatoms. The number of hydrogen-bond acceptors (Lipinski definition) is 3. The molecular formula is C19H18FN3O2. The normalized spacial score (nSPS) is 12.0. The number of aliphatic hydroxyl groups is 1. The van der Waals surface area contributed by atoms with Gasteiger partial charge in [-0.25, -0.2) is 9.07 Å². The zero-order chi connectivity index (χ0) is 17.8. The van der Waals surface area contributed by atoms with Crippen LogP contribution in [0.1, 0.15) is 27.6 Å². The maximum Gasteiger partial charge on any atom is 0.254 e. The zero-order valence-corrected chi connectivity index (χ0v) is 13.7. The van der Waals surface area contributed by atoms with Crippen molar-refractivity contribution in [1.29, 1.82) is 0 Å². The van der Waals surface area contributed by atoms with Crippen LogP contribution in [0.2, 0.25) is 0 Å². The van der Waals surface area contributed by atoms with Crippen molar-refractivity contribution in [2.75, 3.05) is 6.54 Å². The highest BCUT2D eigenvalue weighted by Gasteiger charge is 2.13. The minimum Gasteiger partial charge on any atom is -0.387 e. The molecule has 0 aliphatic heterocycles. The summed E-state index contributed by atoms with van der Waals surface area (Å²) in [5, 5.41) is 16.9. The Kier molecular flexibility index (Phi) is 4.90. The summed E-state index contributed by atoms with van der Waals surface area (Å²) in [5.41, 5.74) is 2.88. The van der Waals surface area contributed by atoms with Gasteiger partial charge in [0, 0.05) is 12.7 Å². The molecule has 0 saturated carbocycles. The second kappa shape index (κ2) is 7.27. The molecule has 5 nitrogen and oxygen atoms in total. The van der Waals surface area contributed by atoms with E-state index in [9.17, 15) is 14.3 Å². The highest BCUT2D eigenvalue weighted by molar-refractivity contribution is 5.93. The summed E-state index contributed by atoms with van der Waals surface area (Å²) < 4.78 is 14.5. The molecule has 2 N–H and O–H groups in total. The molecule has 3 rings (SSSR count). The summed E-state index contributed by atoms with van der Waals surface area (Å²) in [6.45, 7) is 2.00. The van der Waals surface area contributed by atoms with Gasteiger partial charge in [-0.05, 0) is 36.2 Å². The number of benzene rings is 2. The van der Waals surface area contributed by atoms with Crippen LogP contribution in [0.5, 0.6) is 0 Å². The number of amides is 1. The molecule has 3 aromatic rings. The van der Waals surface area contributed by atoms with E-state index in [0.29, 0.717) is 11.1 Å². The van der Waals surface area contributed by atoms with Gasteiger partial charge in [-0.3, -0.25) is 4.79 Å². The van der Waals surface area contributed by atoms with Crippen molar-refractivity contribution in [3.8, 4) is 5.69 Å². The van der Waals surface area contributed by atoms with Crippen LogP contribution in [0.3, 0.4) is 0 Å². The lowest BCUT2D eigenvalue weighted by molar-refractivity contribution is 0.0916. The van der Waals surface area contributed by atoms with Crippen molar-refractivity contribution in [3.05, 3.63) is 83.4 Å². The fraction of sp³-hybridized carbons (Fsp3) is 0.158. The maximum absolute atomic E-state index is 12.9. The number of aliphatic hydroxyl groups excluding tert-OH is 1. The van der Waals surface area contributed by atoms with Gasteiger partial charge in [0.15, 0.2) is 0 Å². The van der Waals surface area contributed by atoms with Gasteiger partial charge in [0.2, 0.25) is 0 Å². The van der Waals surface area contributed by atoms with Crippen LogP contribution in [0.25, 0.3) is 5.69 Å². The van der Waals surface area contributed by atoms with Gasteiger partial charge in [0.25, 0.3) is 5.91 Å². The van der Waals surface area contributed by atoms with E-state index in [1.807, 2.05) is 31.2 Å². The summed E-state index contributed by atoms with van der Waals surface area (Å²) in [6.07, 6.45) is 2.21. The standard InChI is InChI=1S/C19H18FN3O2/c1-13-4-2-3-5-17(13)23-12-15(10-22-23)19(25)21-11-18(24)14-6-8-16(20)9-7-14/h2-10,12,18,24H,11H2,1H3,(H,21,25). The molecule has 128 valence electrons. The Morgan fingerprint density at radius 2 is 1.96 bits per heavy atom. The van der Waals surface area contributed by atoms with E-state index < -0.39 is 6.10 Å². The molecule has 0 radical (unpaired) electrons. The first kappa shape index (κ1) is 16.9. The first-order chi connectivity index (χ1) is 12.0. The van der Waals surface area contributed by atoms with E-state index in [-0.39, 0.29) is 18.3 Å². The van der Waals surface area contributed by atoms with Gasteiger partial charge in [-0.15, -0.1) is 0 Å². The number of nitrogens with zero attached hydrogens (tertiary/aromatic N) is 2. The average molecular weight is 339 g/mol. The number of rotatable bonds is 5. The predicted molar refractivity (Wildman–Crippen MR) is 92.0 cm³/mol. The lowest BCUT2D eigenvalue weighted by Gasteiger charge is -2.11. The minimum absolute atomic E-state index is 0.0278. The van der Waals surface area contributed by atoms with E-state index in [0.717, 1.165) is 11.3 Å². The number of carbonyl (C=O) groups is 1. The quantitative estimate of drug-likeness (QED) is 0.751. The molecule has 1 atom stereocenters. The molecule has 0 fully saturated rings. The average Bonchev–Trinajstić information content (AvgIpc) is 3.10. The second-order valence-electron chi connectivity index (χ2n) is 5.74. The molecule has 1 heterocycles. The third-order valence-corrected chi connectivity index (χ3v) is 3.92. The predicted octanol–water partition coefficient (Wildman–Crippen LogP) is 2.78. The lowest BCUT2D eigenvalue weighted by atomic mass is 10.1. The Hall–Kier alpha value is -2.99. The van der Waals surface area contributed by atoms with Crippen molar-refractivity contribution in [1.82, 2.24) is 15.1 Å². The van der Waals surface area contributed by atoms with Gasteiger partial charge >= 0.3 is 0 Å². The maximum atomic E-state index is 12.9. The monoisotopic (exact) mass is 339 g/mol. The van der Waals surface area contributed by atoms with Gasteiger partial charge in [0.05, 0.1) is 23.6 Å². The topological polar surface area (TPSA) is 67.2 Å². The minimum atomic E-state index is -0.907. The zero-order valence-electron chi connectivity index (χ0n) is 13.7. The number of nitrogens with one attached hydrogen (secondary N) is 1. The van der Waals surface area contributed by atoms with Crippen molar-refractivity contribution >= 4 is 5.91 Å². The Morgan fingerprint density at radius 1 is 1.24 bits per heavy atom. The van der Waals surface area contributed by atoms with Crippen molar-refractivity contribution in [3.63, 3.8) is 0 Å². The van der Waals surface area contributed by atoms with E-state index >= 15 is 0 Å². The number of para-hydroxylation sites is 1. The third-order valence-electron chi connectivity index (χ3n) is 3.92. The molecular weight excluding hydrogens is 321 g/mol. The first-order valence-electron chi connectivity index (χ1n) is 7.87. The Balaban J connectivity index is 1.64. The molecule has 0 bridgehead atoms. The van der Waals surface area contributed by atoms with Crippen molar-refractivity contribution in [2.24, 2.45) is 0 Å². The fourth-order valence-electron chi connectivity index (χ4n) is 2.49. The van der Waals surface area contributed by atoms with Crippen LogP contribution in [0.15, 0.2) is 60.9 Å². The molecule has 1 aromatic heterocycles. The molecule has 0 saturated heterocycles. The van der Waals surface area contributed by atoms with Crippen LogP contribution >= 0.6 is 0 Å².